The number of carbonyl (C=O) groups excluding carboxylic acids is 5. The van der Waals surface area contributed by atoms with Crippen molar-refractivity contribution in [1.29, 1.82) is 0 Å². The smallest absolute Gasteiger partial charge is 0.413 e. The summed E-state index contributed by atoms with van der Waals surface area (Å²) in [4.78, 5) is 79.3. The number of rotatable bonds is 13. The number of pyridine rings is 2. The molecule has 15 nitrogen and oxygen atoms in total. The molecular weight excluding hydrogens is 818 g/mol. The van der Waals surface area contributed by atoms with E-state index in [1.807, 2.05) is 20.8 Å². The van der Waals surface area contributed by atoms with Crippen molar-refractivity contribution in [3.05, 3.63) is 54.1 Å². The van der Waals surface area contributed by atoms with E-state index >= 15 is 0 Å². The molecule has 3 aliphatic carbocycles. The number of aromatic nitrogens is 2. The summed E-state index contributed by atoms with van der Waals surface area (Å²) in [7, 11) is 2.74. The fraction of sp³-hybridized carbons (Fsp3) is 0.543. The normalized spacial score (nSPS) is 25.5. The Morgan fingerprint density at radius 2 is 1.68 bits per heavy atom. The first-order chi connectivity index (χ1) is 29.2. The second kappa shape index (κ2) is 17.0. The van der Waals surface area contributed by atoms with Gasteiger partial charge in [-0.15, -0.1) is 6.58 Å². The Balaban J connectivity index is 1.21. The van der Waals surface area contributed by atoms with Crippen molar-refractivity contribution in [2.45, 2.75) is 109 Å². The van der Waals surface area contributed by atoms with Crippen molar-refractivity contribution in [1.82, 2.24) is 20.2 Å². The minimum atomic E-state index is -1.32. The van der Waals surface area contributed by atoms with Crippen molar-refractivity contribution in [3.63, 3.8) is 0 Å². The quantitative estimate of drug-likeness (QED) is 0.0996. The van der Waals surface area contributed by atoms with E-state index < -0.39 is 64.5 Å². The molecule has 4 aliphatic rings. The first-order valence-electron chi connectivity index (χ1n) is 21.1. The zero-order valence-corrected chi connectivity index (χ0v) is 37.3. The summed E-state index contributed by atoms with van der Waals surface area (Å²) in [6.45, 7) is 14.7. The molecule has 0 bridgehead atoms. The van der Waals surface area contributed by atoms with Gasteiger partial charge in [0.1, 0.15) is 51.7 Å². The molecule has 2 N–H and O–H groups in total. The average Bonchev–Trinajstić information content (AvgIpc) is 4.01. The first kappa shape index (κ1) is 44.6. The van der Waals surface area contributed by atoms with Gasteiger partial charge in [-0.05, 0) is 88.0 Å². The van der Waals surface area contributed by atoms with Crippen LogP contribution in [0.2, 0.25) is 5.02 Å². The summed E-state index contributed by atoms with van der Waals surface area (Å²) >= 11 is 6.87. The molecular formula is C46H56ClN5O10. The van der Waals surface area contributed by atoms with E-state index in [4.69, 9.17) is 40.3 Å². The number of esters is 2. The summed E-state index contributed by atoms with van der Waals surface area (Å²) in [6.07, 6.45) is 3.05. The second-order valence-corrected chi connectivity index (χ2v) is 19.3. The molecule has 3 aromatic rings. The predicted octanol–water partition coefficient (Wildman–Crippen LogP) is 7.28. The molecule has 2 aromatic heterocycles. The first-order valence-corrected chi connectivity index (χ1v) is 21.5. The summed E-state index contributed by atoms with van der Waals surface area (Å²) in [5, 5.41) is 6.29. The molecule has 0 radical (unpaired) electrons. The number of anilines is 1. The van der Waals surface area contributed by atoms with Crippen LogP contribution in [0.15, 0.2) is 49.1 Å². The van der Waals surface area contributed by atoms with E-state index in [0.717, 1.165) is 12.8 Å². The largest absolute Gasteiger partial charge is 0.495 e. The van der Waals surface area contributed by atoms with Gasteiger partial charge in [0.25, 0.3) is 0 Å². The van der Waals surface area contributed by atoms with E-state index in [9.17, 15) is 24.0 Å². The van der Waals surface area contributed by atoms with Gasteiger partial charge in [0.2, 0.25) is 11.8 Å². The van der Waals surface area contributed by atoms with E-state index in [1.54, 1.807) is 63.2 Å². The number of likely N-dealkylation sites (tertiary alicyclic amines) is 1. The highest BCUT2D eigenvalue weighted by molar-refractivity contribution is 6.36. The molecule has 8 atom stereocenters. The molecule has 332 valence electrons. The Labute approximate surface area is 366 Å². The summed E-state index contributed by atoms with van der Waals surface area (Å²) in [5.74, 6) is -1.10. The number of benzene rings is 1. The fourth-order valence-corrected chi connectivity index (χ4v) is 9.10. The number of nitrogens with one attached hydrogen (secondary N) is 2. The van der Waals surface area contributed by atoms with Crippen LogP contribution in [-0.2, 0) is 33.4 Å². The van der Waals surface area contributed by atoms with Gasteiger partial charge < -0.3 is 33.9 Å². The van der Waals surface area contributed by atoms with Crippen LogP contribution in [0.1, 0.15) is 80.1 Å². The molecule has 0 spiro atoms. The molecule has 1 saturated heterocycles. The van der Waals surface area contributed by atoms with E-state index in [2.05, 4.69) is 22.2 Å². The van der Waals surface area contributed by atoms with Crippen LogP contribution < -0.4 is 20.1 Å². The Bertz CT molecular complexity index is 2280. The number of carbonyl (C=O) groups is 5. The maximum absolute atomic E-state index is 14.9. The topological polar surface area (TPSA) is 185 Å². The molecule has 1 aliphatic heterocycles. The summed E-state index contributed by atoms with van der Waals surface area (Å²) in [6, 6.07) is 9.05. The lowest BCUT2D eigenvalue weighted by Gasteiger charge is -2.35. The van der Waals surface area contributed by atoms with E-state index in [-0.39, 0.29) is 42.2 Å². The number of ether oxygens (including phenoxy) is 5. The molecule has 7 rings (SSSR count). The number of hydrogen-bond donors (Lipinski definition) is 2. The number of amides is 3. The third-order valence-corrected chi connectivity index (χ3v) is 12.6. The maximum Gasteiger partial charge on any atom is 0.413 e. The van der Waals surface area contributed by atoms with Crippen LogP contribution in [0.25, 0.3) is 22.3 Å². The summed E-state index contributed by atoms with van der Waals surface area (Å²) in [5.41, 5.74) is -1.70. The van der Waals surface area contributed by atoms with Gasteiger partial charge in [-0.1, -0.05) is 44.5 Å². The van der Waals surface area contributed by atoms with Crippen LogP contribution in [-0.4, -0.2) is 94.9 Å². The number of fused-ring (bicyclic) bond motifs is 2. The van der Waals surface area contributed by atoms with Gasteiger partial charge in [0.15, 0.2) is 0 Å². The zero-order chi connectivity index (χ0) is 44.9. The van der Waals surface area contributed by atoms with E-state index in [1.165, 1.54) is 25.5 Å². The number of nitrogens with zero attached hydrogens (tertiary/aromatic N) is 3. The highest BCUT2D eigenvalue weighted by atomic mass is 35.5. The van der Waals surface area contributed by atoms with Crippen molar-refractivity contribution in [3.8, 4) is 22.9 Å². The third-order valence-electron chi connectivity index (χ3n) is 12.3. The predicted molar refractivity (Wildman–Crippen MR) is 230 cm³/mol. The maximum atomic E-state index is 14.9. The van der Waals surface area contributed by atoms with Crippen LogP contribution in [0.4, 0.5) is 10.6 Å². The minimum Gasteiger partial charge on any atom is -0.495 e. The lowest BCUT2D eigenvalue weighted by atomic mass is 9.77. The molecule has 3 saturated carbocycles. The van der Waals surface area contributed by atoms with Gasteiger partial charge in [0, 0.05) is 23.8 Å². The standard InChI is InChI=1S/C46H56ClN5O10/c1-10-26-22-46(26,42(56)59-9)51-40(54)33-19-28(23-52(33)41(55)30(44(2,3)4)20-37(53)61-27-17-24-16-25(24)18-27)60-35-21-32(49-39-29(35)14-15-34(58-8)38(39)47)31-12-11-13-36(48-31)50-43(57)62-45(5,6)7/h10-15,21,24-28,30,33H,1,16-20,22-23H2,2-9H3,(H,51,54)(H,48,50,57)/t24-,25+,26-,27?,28-,30-,33+,46-/m1/s1. The van der Waals surface area contributed by atoms with Crippen LogP contribution in [0.3, 0.4) is 0 Å². The van der Waals surface area contributed by atoms with Crippen LogP contribution in [0.5, 0.6) is 11.5 Å². The Morgan fingerprint density at radius 3 is 2.31 bits per heavy atom. The Kier molecular flexibility index (Phi) is 12.3. The molecule has 1 aromatic carbocycles. The van der Waals surface area contributed by atoms with Crippen molar-refractivity contribution in [2.24, 2.45) is 29.1 Å². The lowest BCUT2D eigenvalue weighted by Crippen LogP contribution is -2.54. The molecule has 3 amide bonds. The highest BCUT2D eigenvalue weighted by Crippen LogP contribution is 2.53. The van der Waals surface area contributed by atoms with Crippen LogP contribution in [0, 0.1) is 29.1 Å². The SMILES string of the molecule is C=C[C@@H]1C[C@]1(NC(=O)[C@@H]1C[C@@H](Oc2cc(-c3cccc(NC(=O)OC(C)(C)C)n3)nc3c(Cl)c(OC)ccc23)CN1C(=O)[C@@H](CC(=O)OC1C[C@@H]2C[C@@H]2C1)C(C)(C)C)C(=O)OC. The average molecular weight is 874 g/mol. The zero-order valence-electron chi connectivity index (χ0n) is 36.5. The van der Waals surface area contributed by atoms with Crippen molar-refractivity contribution >= 4 is 58.2 Å². The molecule has 3 heterocycles. The van der Waals surface area contributed by atoms with Gasteiger partial charge in [-0.25, -0.2) is 19.6 Å². The number of halogens is 1. The van der Waals surface area contributed by atoms with Gasteiger partial charge in [-0.3, -0.25) is 19.7 Å². The van der Waals surface area contributed by atoms with Gasteiger partial charge in [-0.2, -0.15) is 0 Å². The molecule has 1 unspecified atom stereocenters. The molecule has 4 fully saturated rings. The second-order valence-electron chi connectivity index (χ2n) is 19.0. The summed E-state index contributed by atoms with van der Waals surface area (Å²) < 4.78 is 28.7. The third kappa shape index (κ3) is 9.47. The molecule has 16 heteroatoms. The Morgan fingerprint density at radius 1 is 0.952 bits per heavy atom. The molecule has 62 heavy (non-hydrogen) atoms. The van der Waals surface area contributed by atoms with Crippen molar-refractivity contribution in [2.75, 3.05) is 26.1 Å². The van der Waals surface area contributed by atoms with Gasteiger partial charge >= 0.3 is 18.0 Å². The van der Waals surface area contributed by atoms with Crippen LogP contribution >= 0.6 is 11.6 Å². The van der Waals surface area contributed by atoms with E-state index in [0.29, 0.717) is 52.0 Å². The number of methoxy groups -OCH3 is 2. The lowest BCUT2D eigenvalue weighted by molar-refractivity contribution is -0.157. The minimum absolute atomic E-state index is 0.0305. The number of hydrogen-bond acceptors (Lipinski definition) is 12. The van der Waals surface area contributed by atoms with Crippen molar-refractivity contribution < 1.29 is 47.7 Å². The monoisotopic (exact) mass is 873 g/mol. The Hall–Kier alpha value is -5.44. The van der Waals surface area contributed by atoms with Gasteiger partial charge in [0.05, 0.1) is 50.0 Å². The fourth-order valence-electron chi connectivity index (χ4n) is 8.81. The highest BCUT2D eigenvalue weighted by Gasteiger charge is 2.62.